The maximum Gasteiger partial charge on any atom is 0.282 e. The van der Waals surface area contributed by atoms with E-state index in [9.17, 15) is 4.79 Å². The van der Waals surface area contributed by atoms with Crippen molar-refractivity contribution < 1.29 is 9.36 Å². The second-order valence-corrected chi connectivity index (χ2v) is 10.5. The summed E-state index contributed by atoms with van der Waals surface area (Å²) in [7, 11) is 2.07. The number of halogens is 2. The molecule has 0 radical (unpaired) electrons. The number of unbranched alkanes of at least 4 members (excludes halogenated alkanes) is 2. The van der Waals surface area contributed by atoms with Gasteiger partial charge in [0.1, 0.15) is 0 Å². The molecule has 36 heavy (non-hydrogen) atoms. The summed E-state index contributed by atoms with van der Waals surface area (Å²) in [5, 5.41) is 3.93. The second-order valence-electron chi connectivity index (χ2n) is 9.65. The van der Waals surface area contributed by atoms with Crippen LogP contribution in [0.5, 0.6) is 0 Å². The third kappa shape index (κ3) is 5.96. The molecule has 0 saturated heterocycles. The second kappa shape index (κ2) is 12.3. The molecule has 3 aromatic rings. The van der Waals surface area contributed by atoms with Crippen molar-refractivity contribution in [1.82, 2.24) is 9.88 Å². The number of nitrogens with two attached hydrogens (primary N) is 1. The molecule has 0 fully saturated rings. The molecule has 194 valence electrons. The van der Waals surface area contributed by atoms with Gasteiger partial charge >= 0.3 is 0 Å². The number of aryl methyl sites for hydroxylation is 2. The van der Waals surface area contributed by atoms with Gasteiger partial charge in [0.2, 0.25) is 5.91 Å². The summed E-state index contributed by atoms with van der Waals surface area (Å²) in [4.78, 5) is 11.9. The number of aromatic nitrogens is 2. The molecule has 0 aliphatic heterocycles. The minimum atomic E-state index is 0.0673. The Morgan fingerprint density at radius 2 is 1.56 bits per heavy atom. The smallest absolute Gasteiger partial charge is 0.282 e. The van der Waals surface area contributed by atoms with Crippen LogP contribution in [0.25, 0.3) is 23.2 Å². The first-order chi connectivity index (χ1) is 17.1. The molecule has 3 N–H and O–H groups in total. The lowest BCUT2D eigenvalue weighted by molar-refractivity contribution is -0.647. The lowest BCUT2D eigenvalue weighted by Gasteiger charge is -2.16. The van der Waals surface area contributed by atoms with Gasteiger partial charge in [-0.15, -0.1) is 0 Å². The SMILES string of the molecule is Cc1c(C)c(C)c(/C=C/c2n(CCCCCC(=O)NCCN)c3cc(Cl)c(Cl)cc3[n+]2C)c(C)c1C. The summed E-state index contributed by atoms with van der Waals surface area (Å²) in [6, 6.07) is 3.89. The zero-order valence-corrected chi connectivity index (χ0v) is 23.9. The maximum absolute atomic E-state index is 11.9. The van der Waals surface area contributed by atoms with Crippen molar-refractivity contribution in [3.63, 3.8) is 0 Å². The molecule has 1 amide bonds. The van der Waals surface area contributed by atoms with Crippen molar-refractivity contribution in [2.75, 3.05) is 13.1 Å². The molecule has 0 saturated carbocycles. The molecule has 0 unspecified atom stereocenters. The number of fused-ring (bicyclic) bond motifs is 1. The summed E-state index contributed by atoms with van der Waals surface area (Å²) < 4.78 is 4.48. The number of rotatable bonds is 10. The number of hydrogen-bond donors (Lipinski definition) is 2. The molecule has 0 bridgehead atoms. The van der Waals surface area contributed by atoms with Crippen molar-refractivity contribution in [3.8, 4) is 0 Å². The van der Waals surface area contributed by atoms with Gasteiger partial charge < -0.3 is 11.1 Å². The van der Waals surface area contributed by atoms with Gasteiger partial charge in [-0.3, -0.25) is 4.79 Å². The Morgan fingerprint density at radius 3 is 2.19 bits per heavy atom. The zero-order chi connectivity index (χ0) is 26.6. The predicted octanol–water partition coefficient (Wildman–Crippen LogP) is 6.12. The highest BCUT2D eigenvalue weighted by molar-refractivity contribution is 6.42. The third-order valence-electron chi connectivity index (χ3n) is 7.50. The van der Waals surface area contributed by atoms with Crippen LogP contribution in [0.4, 0.5) is 0 Å². The lowest BCUT2D eigenvalue weighted by atomic mass is 9.89. The van der Waals surface area contributed by atoms with Crippen molar-refractivity contribution in [2.45, 2.75) is 66.8 Å². The minimum Gasteiger partial charge on any atom is -0.355 e. The largest absolute Gasteiger partial charge is 0.355 e. The van der Waals surface area contributed by atoms with Crippen LogP contribution in [-0.2, 0) is 18.4 Å². The molecule has 1 aromatic heterocycles. The van der Waals surface area contributed by atoms with E-state index in [0.29, 0.717) is 29.6 Å². The predicted molar refractivity (Wildman–Crippen MR) is 153 cm³/mol. The summed E-state index contributed by atoms with van der Waals surface area (Å²) in [5.74, 6) is 1.15. The molecular formula is C29H39Cl2N4O+. The normalized spacial score (nSPS) is 11.7. The average molecular weight is 531 g/mol. The minimum absolute atomic E-state index is 0.0673. The molecule has 0 atom stereocenters. The van der Waals surface area contributed by atoms with Gasteiger partial charge in [-0.25, -0.2) is 9.13 Å². The number of imidazole rings is 1. The number of nitrogens with one attached hydrogen (secondary N) is 1. The van der Waals surface area contributed by atoms with Crippen molar-refractivity contribution >= 4 is 52.3 Å². The monoisotopic (exact) mass is 529 g/mol. The Kier molecular flexibility index (Phi) is 9.62. The van der Waals surface area contributed by atoms with E-state index >= 15 is 0 Å². The number of benzene rings is 2. The highest BCUT2D eigenvalue weighted by atomic mass is 35.5. The molecular weight excluding hydrogens is 491 g/mol. The number of carbonyl (C=O) groups is 1. The van der Waals surface area contributed by atoms with Crippen LogP contribution in [0.2, 0.25) is 10.0 Å². The molecule has 5 nitrogen and oxygen atoms in total. The fourth-order valence-corrected chi connectivity index (χ4v) is 5.16. The van der Waals surface area contributed by atoms with E-state index in [1.807, 2.05) is 12.1 Å². The summed E-state index contributed by atoms with van der Waals surface area (Å²) in [6.07, 6.45) is 7.72. The maximum atomic E-state index is 11.9. The van der Waals surface area contributed by atoms with Gasteiger partial charge in [-0.05, 0) is 93.3 Å². The highest BCUT2D eigenvalue weighted by Gasteiger charge is 2.22. The van der Waals surface area contributed by atoms with E-state index in [1.54, 1.807) is 0 Å². The Hall–Kier alpha value is -2.34. The van der Waals surface area contributed by atoms with Crippen molar-refractivity contribution in [2.24, 2.45) is 12.8 Å². The Morgan fingerprint density at radius 1 is 0.944 bits per heavy atom. The lowest BCUT2D eigenvalue weighted by Crippen LogP contribution is -2.31. The standard InChI is InChI=1S/C29H38Cl2N4O/c1-18-19(2)21(4)23(22(5)20(18)3)11-12-29-34(6)26-16-24(30)25(31)17-27(26)35(29)15-9-7-8-10-28(36)33-14-13-32/h11-12,16-17H,7-10,13-15,32H2,1-6H3/p+1/b12-11+. The first kappa shape index (κ1) is 28.2. The van der Waals surface area contributed by atoms with E-state index in [2.05, 4.69) is 68.3 Å². The fourth-order valence-electron chi connectivity index (χ4n) is 4.84. The molecule has 7 heteroatoms. The van der Waals surface area contributed by atoms with Crippen molar-refractivity contribution in [3.05, 3.63) is 61.4 Å². The van der Waals surface area contributed by atoms with Gasteiger partial charge in [0.05, 0.1) is 23.6 Å². The molecule has 0 aliphatic rings. The van der Waals surface area contributed by atoms with Crippen LogP contribution in [0.1, 0.15) is 64.9 Å². The molecule has 2 aromatic carbocycles. The summed E-state index contributed by atoms with van der Waals surface area (Å²) in [5.41, 5.74) is 15.5. The molecule has 0 aliphatic carbocycles. The van der Waals surface area contributed by atoms with Crippen LogP contribution in [0, 0.1) is 34.6 Å². The Balaban J connectivity index is 1.93. The molecule has 1 heterocycles. The first-order valence-corrected chi connectivity index (χ1v) is 13.4. The van der Waals surface area contributed by atoms with Crippen LogP contribution < -0.4 is 15.6 Å². The van der Waals surface area contributed by atoms with Crippen molar-refractivity contribution in [1.29, 1.82) is 0 Å². The topological polar surface area (TPSA) is 63.9 Å². The van der Waals surface area contributed by atoms with Crippen LogP contribution in [0.15, 0.2) is 12.1 Å². The van der Waals surface area contributed by atoms with E-state index in [1.165, 1.54) is 33.4 Å². The van der Waals surface area contributed by atoms with Crippen LogP contribution >= 0.6 is 23.2 Å². The van der Waals surface area contributed by atoms with E-state index < -0.39 is 0 Å². The van der Waals surface area contributed by atoms with Gasteiger partial charge in [0.15, 0.2) is 11.0 Å². The van der Waals surface area contributed by atoms with Gasteiger partial charge in [0, 0.05) is 37.7 Å². The number of nitrogens with zero attached hydrogens (tertiary/aromatic N) is 2. The molecule has 3 rings (SSSR count). The zero-order valence-electron chi connectivity index (χ0n) is 22.4. The van der Waals surface area contributed by atoms with E-state index in [0.717, 1.165) is 42.7 Å². The Bertz CT molecular complexity index is 1280. The summed E-state index contributed by atoms with van der Waals surface area (Å²) >= 11 is 12.8. The third-order valence-corrected chi connectivity index (χ3v) is 8.22. The molecule has 0 spiro atoms. The number of amides is 1. The number of hydrogen-bond acceptors (Lipinski definition) is 2. The van der Waals surface area contributed by atoms with Crippen LogP contribution in [-0.4, -0.2) is 23.6 Å². The van der Waals surface area contributed by atoms with Crippen LogP contribution in [0.3, 0.4) is 0 Å². The van der Waals surface area contributed by atoms with E-state index in [-0.39, 0.29) is 5.91 Å². The van der Waals surface area contributed by atoms with Gasteiger partial charge in [-0.1, -0.05) is 23.2 Å². The summed E-state index contributed by atoms with van der Waals surface area (Å²) in [6.45, 7) is 12.8. The Labute approximate surface area is 225 Å². The van der Waals surface area contributed by atoms with E-state index in [4.69, 9.17) is 28.9 Å². The van der Waals surface area contributed by atoms with Gasteiger partial charge in [-0.2, -0.15) is 0 Å². The number of carbonyl (C=O) groups excluding carboxylic acids is 1. The average Bonchev–Trinajstić information content (AvgIpc) is 3.10. The fraction of sp³-hybridized carbons (Fsp3) is 0.448. The first-order valence-electron chi connectivity index (χ1n) is 12.7. The quantitative estimate of drug-likeness (QED) is 0.245. The highest BCUT2D eigenvalue weighted by Crippen LogP contribution is 2.30. The van der Waals surface area contributed by atoms with Gasteiger partial charge in [0.25, 0.3) is 5.82 Å².